The van der Waals surface area contributed by atoms with Crippen LogP contribution >= 0.6 is 0 Å². The number of nitrogens with zero attached hydrogens (tertiary/aromatic N) is 2. The first kappa shape index (κ1) is 15.6. The zero-order valence-corrected chi connectivity index (χ0v) is 13.9. The van der Waals surface area contributed by atoms with E-state index in [1.165, 1.54) is 0 Å². The van der Waals surface area contributed by atoms with Gasteiger partial charge in [0.2, 0.25) is 5.91 Å². The molecule has 4 rings (SSSR count). The number of carbonyl (C=O) groups excluding carboxylic acids is 1. The van der Waals surface area contributed by atoms with E-state index in [-0.39, 0.29) is 11.8 Å². The summed E-state index contributed by atoms with van der Waals surface area (Å²) in [6, 6.07) is 8.89. The Balaban J connectivity index is 1.33. The van der Waals surface area contributed by atoms with Crippen LogP contribution in [-0.2, 0) is 11.3 Å². The Morgan fingerprint density at radius 2 is 2.12 bits per heavy atom. The first-order chi connectivity index (χ1) is 11.7. The summed E-state index contributed by atoms with van der Waals surface area (Å²) in [5.41, 5.74) is 11.5. The van der Waals surface area contributed by atoms with Crippen molar-refractivity contribution in [1.82, 2.24) is 31.3 Å². The van der Waals surface area contributed by atoms with Crippen LogP contribution in [-0.4, -0.2) is 34.1 Å². The van der Waals surface area contributed by atoms with Crippen molar-refractivity contribution in [2.75, 3.05) is 6.54 Å². The molecule has 1 aromatic carbocycles. The van der Waals surface area contributed by atoms with E-state index in [9.17, 15) is 4.79 Å². The highest BCUT2D eigenvalue weighted by atomic mass is 16.1. The maximum atomic E-state index is 12.5. The van der Waals surface area contributed by atoms with Crippen molar-refractivity contribution in [1.29, 1.82) is 0 Å². The highest BCUT2D eigenvalue weighted by Crippen LogP contribution is 2.26. The molecule has 0 bridgehead atoms. The van der Waals surface area contributed by atoms with Crippen molar-refractivity contribution >= 4 is 16.9 Å². The van der Waals surface area contributed by atoms with Crippen LogP contribution in [0.3, 0.4) is 0 Å². The van der Waals surface area contributed by atoms with Gasteiger partial charge in [-0.05, 0) is 38.3 Å². The molecule has 3 unspecified atom stereocenters. The monoisotopic (exact) mass is 328 g/mol. The number of hydrazine groups is 2. The molecule has 24 heavy (non-hydrogen) atoms. The molecule has 1 aliphatic heterocycles. The van der Waals surface area contributed by atoms with Gasteiger partial charge >= 0.3 is 0 Å². The molecule has 1 amide bonds. The van der Waals surface area contributed by atoms with E-state index in [4.69, 9.17) is 0 Å². The highest BCUT2D eigenvalue weighted by Gasteiger charge is 2.36. The van der Waals surface area contributed by atoms with E-state index in [0.29, 0.717) is 18.6 Å². The molecule has 3 atom stereocenters. The van der Waals surface area contributed by atoms with Gasteiger partial charge < -0.3 is 9.88 Å². The second-order valence-electron chi connectivity index (χ2n) is 6.73. The van der Waals surface area contributed by atoms with Crippen molar-refractivity contribution in [3.05, 3.63) is 30.1 Å². The molecule has 1 aromatic heterocycles. The van der Waals surface area contributed by atoms with Gasteiger partial charge in [0.1, 0.15) is 5.82 Å². The minimum Gasteiger partial charge on any atom is -0.354 e. The number of aryl methyl sites for hydroxylation is 1. The molecule has 2 aromatic rings. The second-order valence-corrected chi connectivity index (χ2v) is 6.73. The molecule has 0 spiro atoms. The number of aromatic nitrogens is 2. The Morgan fingerprint density at radius 3 is 3.04 bits per heavy atom. The SMILES string of the molecule is Cc1nc2ccccc2n1CCNC(=O)C1CCC2NNNC2C1. The molecule has 2 heterocycles. The zero-order valence-electron chi connectivity index (χ0n) is 13.9. The lowest BCUT2D eigenvalue weighted by molar-refractivity contribution is -0.126. The molecule has 2 aliphatic rings. The van der Waals surface area contributed by atoms with Crippen LogP contribution in [0.2, 0.25) is 0 Å². The Kier molecular flexibility index (Phi) is 4.22. The molecule has 0 radical (unpaired) electrons. The number of para-hydroxylation sites is 2. The zero-order chi connectivity index (χ0) is 16.5. The van der Waals surface area contributed by atoms with E-state index in [2.05, 4.69) is 37.3 Å². The topological polar surface area (TPSA) is 83.0 Å². The van der Waals surface area contributed by atoms with Gasteiger partial charge in [0.05, 0.1) is 11.0 Å². The van der Waals surface area contributed by atoms with Crippen LogP contribution < -0.4 is 21.7 Å². The predicted octanol–water partition coefficient (Wildman–Crippen LogP) is 0.611. The van der Waals surface area contributed by atoms with Crippen molar-refractivity contribution in [2.45, 2.75) is 44.8 Å². The Bertz CT molecular complexity index is 742. The standard InChI is InChI=1S/C17H24N6O/c1-11-19-14-4-2-3-5-16(14)23(11)9-8-18-17(24)12-6-7-13-15(10-12)21-22-20-13/h2-5,12-13,15,20-22H,6-10H2,1H3,(H,18,24). The maximum Gasteiger partial charge on any atom is 0.223 e. The number of carbonyl (C=O) groups is 1. The third-order valence-electron chi connectivity index (χ3n) is 5.22. The van der Waals surface area contributed by atoms with Crippen molar-refractivity contribution in [2.24, 2.45) is 5.92 Å². The lowest BCUT2D eigenvalue weighted by atomic mass is 9.82. The fourth-order valence-corrected chi connectivity index (χ4v) is 3.88. The third kappa shape index (κ3) is 2.90. The normalized spacial score (nSPS) is 26.5. The van der Waals surface area contributed by atoms with Crippen molar-refractivity contribution in [3.63, 3.8) is 0 Å². The average Bonchev–Trinajstić information content (AvgIpc) is 3.18. The molecular weight excluding hydrogens is 304 g/mol. The van der Waals surface area contributed by atoms with E-state index >= 15 is 0 Å². The number of rotatable bonds is 4. The van der Waals surface area contributed by atoms with Gasteiger partial charge in [-0.25, -0.2) is 15.8 Å². The number of imidazole rings is 1. The van der Waals surface area contributed by atoms with Crippen LogP contribution in [0, 0.1) is 12.8 Å². The molecule has 1 aliphatic carbocycles. The van der Waals surface area contributed by atoms with Crippen LogP contribution in [0.1, 0.15) is 25.1 Å². The average molecular weight is 328 g/mol. The van der Waals surface area contributed by atoms with Crippen LogP contribution in [0.4, 0.5) is 0 Å². The van der Waals surface area contributed by atoms with Crippen LogP contribution in [0.5, 0.6) is 0 Å². The van der Waals surface area contributed by atoms with Crippen molar-refractivity contribution in [3.8, 4) is 0 Å². The highest BCUT2D eigenvalue weighted by molar-refractivity contribution is 5.79. The lowest BCUT2D eigenvalue weighted by Gasteiger charge is -2.29. The molecular formula is C17H24N6O. The summed E-state index contributed by atoms with van der Waals surface area (Å²) in [6.45, 7) is 3.39. The van der Waals surface area contributed by atoms with E-state index in [0.717, 1.165) is 42.7 Å². The molecule has 2 fully saturated rings. The molecule has 7 nitrogen and oxygen atoms in total. The summed E-state index contributed by atoms with van der Waals surface area (Å²) in [5.74, 6) is 1.25. The van der Waals surface area contributed by atoms with Crippen LogP contribution in [0.15, 0.2) is 24.3 Å². The van der Waals surface area contributed by atoms with Crippen LogP contribution in [0.25, 0.3) is 11.0 Å². The summed E-state index contributed by atoms with van der Waals surface area (Å²) in [4.78, 5) is 17.0. The fraction of sp³-hybridized carbons (Fsp3) is 0.529. The second kappa shape index (κ2) is 6.51. The molecule has 128 valence electrons. The van der Waals surface area contributed by atoms with Gasteiger partial charge in [-0.2, -0.15) is 5.53 Å². The fourth-order valence-electron chi connectivity index (χ4n) is 3.88. The number of fused-ring (bicyclic) bond motifs is 2. The predicted molar refractivity (Wildman–Crippen MR) is 91.8 cm³/mol. The number of hydrogen-bond acceptors (Lipinski definition) is 5. The summed E-state index contributed by atoms with van der Waals surface area (Å²) in [7, 11) is 0. The van der Waals surface area contributed by atoms with Gasteiger partial charge in [-0.1, -0.05) is 12.1 Å². The molecule has 1 saturated carbocycles. The van der Waals surface area contributed by atoms with Gasteiger partial charge in [0.15, 0.2) is 0 Å². The number of hydrogen-bond donors (Lipinski definition) is 4. The van der Waals surface area contributed by atoms with E-state index in [1.807, 2.05) is 25.1 Å². The summed E-state index contributed by atoms with van der Waals surface area (Å²) >= 11 is 0. The number of nitrogens with one attached hydrogen (secondary N) is 4. The van der Waals surface area contributed by atoms with Gasteiger partial charge in [0.25, 0.3) is 0 Å². The summed E-state index contributed by atoms with van der Waals surface area (Å²) < 4.78 is 2.17. The summed E-state index contributed by atoms with van der Waals surface area (Å²) in [5, 5.41) is 3.11. The quantitative estimate of drug-likeness (QED) is 0.661. The Hall–Kier alpha value is -1.96. The van der Waals surface area contributed by atoms with Crippen molar-refractivity contribution < 1.29 is 4.79 Å². The largest absolute Gasteiger partial charge is 0.354 e. The molecule has 1 saturated heterocycles. The number of amides is 1. The smallest absolute Gasteiger partial charge is 0.223 e. The molecule has 7 heteroatoms. The van der Waals surface area contributed by atoms with Gasteiger partial charge in [0, 0.05) is 31.1 Å². The minimum absolute atomic E-state index is 0.0982. The summed E-state index contributed by atoms with van der Waals surface area (Å²) in [6.07, 6.45) is 2.84. The Labute approximate surface area is 141 Å². The number of benzene rings is 1. The Morgan fingerprint density at radius 1 is 1.29 bits per heavy atom. The molecule has 4 N–H and O–H groups in total. The minimum atomic E-state index is 0.0982. The van der Waals surface area contributed by atoms with Gasteiger partial charge in [-0.3, -0.25) is 4.79 Å². The van der Waals surface area contributed by atoms with E-state index in [1.54, 1.807) is 0 Å². The third-order valence-corrected chi connectivity index (χ3v) is 5.22. The maximum absolute atomic E-state index is 12.5. The first-order valence-electron chi connectivity index (χ1n) is 8.68. The lowest BCUT2D eigenvalue weighted by Crippen LogP contribution is -2.44. The van der Waals surface area contributed by atoms with Gasteiger partial charge in [-0.15, -0.1) is 0 Å². The first-order valence-corrected chi connectivity index (χ1v) is 8.68. The van der Waals surface area contributed by atoms with E-state index < -0.39 is 0 Å².